The average Bonchev–Trinajstić information content (AvgIpc) is 2.36. The summed E-state index contributed by atoms with van der Waals surface area (Å²) >= 11 is 5.69. The predicted octanol–water partition coefficient (Wildman–Crippen LogP) is 3.67. The Balaban J connectivity index is 2.36. The number of carboxylic acids is 1. The molecule has 1 aromatic carbocycles. The maximum absolute atomic E-state index is 13.1. The third-order valence-electron chi connectivity index (χ3n) is 2.43. The Morgan fingerprint density at radius 1 is 1.42 bits per heavy atom. The summed E-state index contributed by atoms with van der Waals surface area (Å²) in [6, 6.07) is 5.25. The van der Waals surface area contributed by atoms with E-state index in [0.717, 1.165) is 0 Å². The molecule has 0 aliphatic rings. The zero-order valence-electron chi connectivity index (χ0n) is 9.85. The van der Waals surface area contributed by atoms with E-state index in [9.17, 15) is 9.18 Å². The van der Waals surface area contributed by atoms with Crippen molar-refractivity contribution in [3.8, 4) is 11.6 Å². The fourth-order valence-corrected chi connectivity index (χ4v) is 1.62. The lowest BCUT2D eigenvalue weighted by Gasteiger charge is -2.08. The highest BCUT2D eigenvalue weighted by Crippen LogP contribution is 2.26. The van der Waals surface area contributed by atoms with Gasteiger partial charge in [0.05, 0.1) is 16.8 Å². The number of aromatic carboxylic acids is 1. The van der Waals surface area contributed by atoms with Gasteiger partial charge < -0.3 is 9.84 Å². The Kier molecular flexibility index (Phi) is 3.66. The number of ether oxygens (including phenoxy) is 1. The van der Waals surface area contributed by atoms with E-state index in [0.29, 0.717) is 5.56 Å². The van der Waals surface area contributed by atoms with Gasteiger partial charge in [0, 0.05) is 12.1 Å². The fraction of sp³-hybridized carbons (Fsp3) is 0.0769. The molecule has 1 heterocycles. The Hall–Kier alpha value is -2.14. The Morgan fingerprint density at radius 3 is 2.84 bits per heavy atom. The lowest BCUT2D eigenvalue weighted by molar-refractivity contribution is 0.0696. The molecule has 1 aromatic heterocycles. The third-order valence-corrected chi connectivity index (χ3v) is 2.73. The lowest BCUT2D eigenvalue weighted by Crippen LogP contribution is -2.00. The summed E-state index contributed by atoms with van der Waals surface area (Å²) in [6.07, 6.45) is 1.18. The molecular weight excluding hydrogens is 273 g/mol. The van der Waals surface area contributed by atoms with Crippen LogP contribution in [0.15, 0.2) is 30.5 Å². The number of aromatic nitrogens is 1. The number of rotatable bonds is 3. The van der Waals surface area contributed by atoms with Crippen LogP contribution in [0.1, 0.15) is 15.9 Å². The summed E-state index contributed by atoms with van der Waals surface area (Å²) in [5, 5.41) is 8.94. The summed E-state index contributed by atoms with van der Waals surface area (Å²) in [7, 11) is 0. The van der Waals surface area contributed by atoms with Crippen LogP contribution in [0.2, 0.25) is 5.02 Å². The first-order valence-corrected chi connectivity index (χ1v) is 5.68. The number of hydrogen-bond acceptors (Lipinski definition) is 3. The topological polar surface area (TPSA) is 59.4 Å². The number of halogens is 2. The Bertz CT molecular complexity index is 646. The van der Waals surface area contributed by atoms with Crippen LogP contribution in [0, 0.1) is 12.7 Å². The first-order valence-electron chi connectivity index (χ1n) is 5.30. The van der Waals surface area contributed by atoms with Crippen LogP contribution in [0.5, 0.6) is 11.6 Å². The van der Waals surface area contributed by atoms with Gasteiger partial charge in [-0.1, -0.05) is 17.7 Å². The normalized spacial score (nSPS) is 10.3. The molecule has 0 aliphatic heterocycles. The van der Waals surface area contributed by atoms with E-state index in [4.69, 9.17) is 21.4 Å². The van der Waals surface area contributed by atoms with Crippen LogP contribution >= 0.6 is 11.6 Å². The van der Waals surface area contributed by atoms with Crippen molar-refractivity contribution >= 4 is 17.6 Å². The monoisotopic (exact) mass is 281 g/mol. The number of aryl methyl sites for hydroxylation is 1. The van der Waals surface area contributed by atoms with E-state index >= 15 is 0 Å². The molecular formula is C13H9ClFNO3. The van der Waals surface area contributed by atoms with Crippen molar-refractivity contribution in [2.24, 2.45) is 0 Å². The predicted molar refractivity (Wildman–Crippen MR) is 67.4 cm³/mol. The van der Waals surface area contributed by atoms with Gasteiger partial charge in [-0.25, -0.2) is 14.2 Å². The second-order valence-corrected chi connectivity index (χ2v) is 4.23. The van der Waals surface area contributed by atoms with Gasteiger partial charge in [-0.3, -0.25) is 0 Å². The molecule has 0 saturated heterocycles. The minimum absolute atomic E-state index is 0.0100. The summed E-state index contributed by atoms with van der Waals surface area (Å²) in [6.45, 7) is 1.74. The van der Waals surface area contributed by atoms with Crippen LogP contribution in [-0.2, 0) is 0 Å². The highest BCUT2D eigenvalue weighted by molar-refractivity contribution is 6.33. The first-order chi connectivity index (χ1) is 8.97. The molecule has 0 amide bonds. The number of nitrogens with zero attached hydrogens (tertiary/aromatic N) is 1. The molecule has 4 nitrogen and oxygen atoms in total. The summed E-state index contributed by atoms with van der Waals surface area (Å²) in [4.78, 5) is 14.8. The third kappa shape index (κ3) is 3.00. The average molecular weight is 282 g/mol. The standard InChI is InChI=1S/C13H9ClFNO3/c1-7-2-3-8(15)4-11(7)19-12-5-9(13(17)18)10(14)6-16-12/h2-6H,1H3,(H,17,18). The minimum Gasteiger partial charge on any atom is -0.478 e. The quantitative estimate of drug-likeness (QED) is 0.932. The zero-order valence-corrected chi connectivity index (χ0v) is 10.6. The number of carboxylic acid groups (broad SMARTS) is 1. The Morgan fingerprint density at radius 2 is 2.16 bits per heavy atom. The SMILES string of the molecule is Cc1ccc(F)cc1Oc1cc(C(=O)O)c(Cl)cn1. The highest BCUT2D eigenvalue weighted by atomic mass is 35.5. The smallest absolute Gasteiger partial charge is 0.337 e. The molecule has 0 fully saturated rings. The van der Waals surface area contributed by atoms with Crippen molar-refractivity contribution in [1.82, 2.24) is 4.98 Å². The van der Waals surface area contributed by atoms with Gasteiger partial charge in [-0.2, -0.15) is 0 Å². The van der Waals surface area contributed by atoms with Crippen LogP contribution < -0.4 is 4.74 Å². The van der Waals surface area contributed by atoms with Crippen LogP contribution in [0.4, 0.5) is 4.39 Å². The number of carbonyl (C=O) groups is 1. The van der Waals surface area contributed by atoms with Gasteiger partial charge in [0.25, 0.3) is 0 Å². The van der Waals surface area contributed by atoms with Crippen LogP contribution in [0.25, 0.3) is 0 Å². The van der Waals surface area contributed by atoms with Gasteiger partial charge in [0.1, 0.15) is 11.6 Å². The van der Waals surface area contributed by atoms with Gasteiger partial charge in [0.15, 0.2) is 0 Å². The van der Waals surface area contributed by atoms with Crippen molar-refractivity contribution in [2.45, 2.75) is 6.92 Å². The second-order valence-electron chi connectivity index (χ2n) is 3.82. The van der Waals surface area contributed by atoms with Crippen molar-refractivity contribution in [3.63, 3.8) is 0 Å². The molecule has 0 bridgehead atoms. The molecule has 19 heavy (non-hydrogen) atoms. The lowest BCUT2D eigenvalue weighted by atomic mass is 10.2. The van der Waals surface area contributed by atoms with Crippen LogP contribution in [0.3, 0.4) is 0 Å². The van der Waals surface area contributed by atoms with Crippen molar-refractivity contribution < 1.29 is 19.0 Å². The zero-order chi connectivity index (χ0) is 14.0. The van der Waals surface area contributed by atoms with Gasteiger partial charge in [0.2, 0.25) is 5.88 Å². The Labute approximate surface area is 113 Å². The van der Waals surface area contributed by atoms with Gasteiger partial charge in [-0.05, 0) is 18.6 Å². The largest absolute Gasteiger partial charge is 0.478 e. The van der Waals surface area contributed by atoms with E-state index in [1.165, 1.54) is 24.4 Å². The first kappa shape index (κ1) is 13.3. The molecule has 0 unspecified atom stereocenters. The van der Waals surface area contributed by atoms with Crippen molar-refractivity contribution in [1.29, 1.82) is 0 Å². The van der Waals surface area contributed by atoms with E-state index in [1.54, 1.807) is 13.0 Å². The van der Waals surface area contributed by atoms with E-state index in [1.807, 2.05) is 0 Å². The van der Waals surface area contributed by atoms with Crippen molar-refractivity contribution in [2.75, 3.05) is 0 Å². The molecule has 6 heteroatoms. The van der Waals surface area contributed by atoms with Gasteiger partial charge in [-0.15, -0.1) is 0 Å². The molecule has 2 rings (SSSR count). The summed E-state index contributed by atoms with van der Waals surface area (Å²) in [5.74, 6) is -1.33. The summed E-state index contributed by atoms with van der Waals surface area (Å²) in [5.41, 5.74) is 0.579. The minimum atomic E-state index is -1.19. The molecule has 0 radical (unpaired) electrons. The molecule has 0 spiro atoms. The highest BCUT2D eigenvalue weighted by Gasteiger charge is 2.12. The fourth-order valence-electron chi connectivity index (χ4n) is 1.44. The van der Waals surface area contributed by atoms with Crippen molar-refractivity contribution in [3.05, 3.63) is 52.4 Å². The van der Waals surface area contributed by atoms with E-state index in [2.05, 4.69) is 4.98 Å². The maximum atomic E-state index is 13.1. The maximum Gasteiger partial charge on any atom is 0.337 e. The van der Waals surface area contributed by atoms with Gasteiger partial charge >= 0.3 is 5.97 Å². The van der Waals surface area contributed by atoms with E-state index in [-0.39, 0.29) is 22.2 Å². The summed E-state index contributed by atoms with van der Waals surface area (Å²) < 4.78 is 18.5. The van der Waals surface area contributed by atoms with E-state index < -0.39 is 11.8 Å². The molecule has 2 aromatic rings. The molecule has 0 aliphatic carbocycles. The molecule has 1 N–H and O–H groups in total. The number of benzene rings is 1. The molecule has 98 valence electrons. The van der Waals surface area contributed by atoms with Crippen LogP contribution in [-0.4, -0.2) is 16.1 Å². The molecule has 0 atom stereocenters. The number of pyridine rings is 1. The second kappa shape index (κ2) is 5.24. The number of hydrogen-bond donors (Lipinski definition) is 1. The molecule has 0 saturated carbocycles.